The number of nitrogens with one attached hydrogen (secondary N) is 2. The van der Waals surface area contributed by atoms with Gasteiger partial charge in [-0.3, -0.25) is 0 Å². The van der Waals surface area contributed by atoms with Gasteiger partial charge >= 0.3 is 17.4 Å². The third-order valence-corrected chi connectivity index (χ3v) is 11.4. The van der Waals surface area contributed by atoms with Gasteiger partial charge in [0.15, 0.2) is 0 Å². The number of hydrogen-bond donors (Lipinski definition) is 2. The van der Waals surface area contributed by atoms with Crippen LogP contribution in [0.15, 0.2) is 0 Å². The highest BCUT2D eigenvalue weighted by atomic mass is 28.4. The second-order valence-corrected chi connectivity index (χ2v) is 14.7. The molecule has 0 aromatic carbocycles. The van der Waals surface area contributed by atoms with Gasteiger partial charge in [-0.15, -0.1) is 0 Å². The van der Waals surface area contributed by atoms with Gasteiger partial charge in [-0.05, 0) is 32.2 Å². The van der Waals surface area contributed by atoms with E-state index in [0.717, 1.165) is 6.17 Å². The van der Waals surface area contributed by atoms with Crippen molar-refractivity contribution in [2.75, 3.05) is 47.9 Å². The topological polar surface area (TPSA) is 70.2 Å². The van der Waals surface area contributed by atoms with Crippen molar-refractivity contribution in [3.05, 3.63) is 0 Å². The first-order valence-electron chi connectivity index (χ1n) is 11.2. The maximum absolute atomic E-state index is 5.43. The SMILES string of the molecule is CO[Si](C)(CNC1CCCCC1)OC.CO[Si](CNC1CCCCC1)(OC)OC. The van der Waals surface area contributed by atoms with Gasteiger partial charge < -0.3 is 32.8 Å². The Kier molecular flexibility index (Phi) is 14.1. The zero-order chi connectivity index (χ0) is 21.6. The minimum absolute atomic E-state index is 0.617. The monoisotopic (exact) mass is 450 g/mol. The van der Waals surface area contributed by atoms with Crippen molar-refractivity contribution >= 4 is 17.4 Å². The molecule has 2 rings (SSSR count). The van der Waals surface area contributed by atoms with Gasteiger partial charge in [-0.1, -0.05) is 38.5 Å². The van der Waals surface area contributed by atoms with Gasteiger partial charge in [0.25, 0.3) is 0 Å². The summed E-state index contributed by atoms with van der Waals surface area (Å²) in [7, 11) is 4.16. The van der Waals surface area contributed by atoms with Crippen molar-refractivity contribution in [3.8, 4) is 0 Å². The molecule has 0 radical (unpaired) electrons. The highest BCUT2D eigenvalue weighted by Crippen LogP contribution is 2.18. The van der Waals surface area contributed by atoms with Gasteiger partial charge in [0.1, 0.15) is 0 Å². The van der Waals surface area contributed by atoms with Crippen molar-refractivity contribution in [1.82, 2.24) is 10.6 Å². The van der Waals surface area contributed by atoms with Gasteiger partial charge in [0, 0.05) is 53.8 Å². The van der Waals surface area contributed by atoms with Crippen molar-refractivity contribution in [1.29, 1.82) is 0 Å². The van der Waals surface area contributed by atoms with Crippen LogP contribution in [-0.2, 0) is 22.1 Å². The van der Waals surface area contributed by atoms with E-state index in [1.165, 1.54) is 64.2 Å². The van der Waals surface area contributed by atoms with Crippen LogP contribution in [0, 0.1) is 0 Å². The normalized spacial score (nSPS) is 19.7. The molecule has 29 heavy (non-hydrogen) atoms. The van der Waals surface area contributed by atoms with E-state index in [1.807, 2.05) is 0 Å². The molecule has 0 saturated heterocycles. The van der Waals surface area contributed by atoms with Crippen LogP contribution in [0.4, 0.5) is 0 Å². The molecule has 0 heterocycles. The molecule has 0 aliphatic heterocycles. The van der Waals surface area contributed by atoms with E-state index < -0.39 is 17.4 Å². The Bertz CT molecular complexity index is 392. The van der Waals surface area contributed by atoms with Crippen LogP contribution in [0.5, 0.6) is 0 Å². The molecule has 2 fully saturated rings. The lowest BCUT2D eigenvalue weighted by atomic mass is 9.96. The maximum atomic E-state index is 5.43. The van der Waals surface area contributed by atoms with Gasteiger partial charge in [-0.25, -0.2) is 0 Å². The quantitative estimate of drug-likeness (QED) is 0.469. The van der Waals surface area contributed by atoms with Crippen LogP contribution < -0.4 is 10.6 Å². The molecular weight excluding hydrogens is 404 g/mol. The van der Waals surface area contributed by atoms with Crippen LogP contribution in [-0.4, -0.2) is 77.3 Å². The van der Waals surface area contributed by atoms with E-state index in [9.17, 15) is 0 Å². The Morgan fingerprint density at radius 1 is 0.586 bits per heavy atom. The molecule has 2 aliphatic rings. The minimum atomic E-state index is -2.41. The third-order valence-electron chi connectivity index (χ3n) is 6.33. The first-order valence-corrected chi connectivity index (χ1v) is 15.6. The van der Waals surface area contributed by atoms with E-state index in [0.29, 0.717) is 18.3 Å². The van der Waals surface area contributed by atoms with Crippen molar-refractivity contribution in [2.45, 2.75) is 82.8 Å². The molecule has 0 unspecified atom stereocenters. The molecular formula is C20H46N2O5Si2. The smallest absolute Gasteiger partial charge is 0.397 e. The van der Waals surface area contributed by atoms with E-state index in [2.05, 4.69) is 17.2 Å². The van der Waals surface area contributed by atoms with Crippen LogP contribution in [0.3, 0.4) is 0 Å². The number of hydrogen-bond acceptors (Lipinski definition) is 7. The first-order chi connectivity index (χ1) is 14.0. The summed E-state index contributed by atoms with van der Waals surface area (Å²) in [6, 6.07) is 1.31. The summed E-state index contributed by atoms with van der Waals surface area (Å²) in [5.74, 6) is 0. The Labute approximate surface area is 181 Å². The van der Waals surface area contributed by atoms with Gasteiger partial charge in [0.2, 0.25) is 0 Å². The van der Waals surface area contributed by atoms with Crippen LogP contribution in [0.25, 0.3) is 0 Å². The fraction of sp³-hybridized carbons (Fsp3) is 1.00. The Hall–Kier alpha value is 0.154. The molecule has 2 saturated carbocycles. The first kappa shape index (κ1) is 27.2. The highest BCUT2D eigenvalue weighted by molar-refractivity contribution is 6.66. The Morgan fingerprint density at radius 2 is 0.966 bits per heavy atom. The summed E-state index contributed by atoms with van der Waals surface area (Å²) in [5.41, 5.74) is 0. The van der Waals surface area contributed by atoms with Crippen LogP contribution >= 0.6 is 0 Å². The van der Waals surface area contributed by atoms with E-state index in [4.69, 9.17) is 22.1 Å². The molecule has 2 aliphatic carbocycles. The molecule has 0 aromatic rings. The molecule has 7 nitrogen and oxygen atoms in total. The second kappa shape index (κ2) is 15.0. The average molecular weight is 451 g/mol. The standard InChI is InChI=1S/C10H23NO3Si.C10H23NO2Si/c1-12-15(13-2,14-3)9-11-10-7-5-4-6-8-10;1-12-14(3,13-2)9-11-10-7-5-4-6-8-10/h10-11H,4-9H2,1-3H3;10-11H,4-9H2,1-3H3. The maximum Gasteiger partial charge on any atom is 0.514 e. The minimum Gasteiger partial charge on any atom is -0.397 e. The van der Waals surface area contributed by atoms with Gasteiger partial charge in [-0.2, -0.15) is 0 Å². The lowest BCUT2D eigenvalue weighted by Crippen LogP contribution is -2.54. The van der Waals surface area contributed by atoms with E-state index in [1.54, 1.807) is 35.5 Å². The summed E-state index contributed by atoms with van der Waals surface area (Å²) in [6.07, 6.45) is 15.0. The molecule has 9 heteroatoms. The predicted octanol–water partition coefficient (Wildman–Crippen LogP) is 3.14. The van der Waals surface area contributed by atoms with Gasteiger partial charge in [0.05, 0.1) is 6.17 Å². The Morgan fingerprint density at radius 3 is 1.31 bits per heavy atom. The van der Waals surface area contributed by atoms with Crippen LogP contribution in [0.2, 0.25) is 6.55 Å². The molecule has 174 valence electrons. The molecule has 0 aromatic heterocycles. The largest absolute Gasteiger partial charge is 0.514 e. The molecule has 0 atom stereocenters. The Balaban J connectivity index is 0.000000291. The predicted molar refractivity (Wildman–Crippen MR) is 122 cm³/mol. The lowest BCUT2D eigenvalue weighted by Gasteiger charge is -2.29. The average Bonchev–Trinajstić information content (AvgIpc) is 2.80. The molecule has 0 spiro atoms. The van der Waals surface area contributed by atoms with Crippen molar-refractivity contribution in [3.63, 3.8) is 0 Å². The molecule has 0 amide bonds. The third kappa shape index (κ3) is 10.3. The number of rotatable bonds is 11. The fourth-order valence-corrected chi connectivity index (χ4v) is 6.49. The van der Waals surface area contributed by atoms with Crippen molar-refractivity contribution in [2.24, 2.45) is 0 Å². The summed E-state index contributed by atoms with van der Waals surface area (Å²) in [5, 5.41) is 7.08. The molecule has 2 N–H and O–H groups in total. The zero-order valence-corrected chi connectivity index (χ0v) is 21.7. The highest BCUT2D eigenvalue weighted by Gasteiger charge is 2.38. The lowest BCUT2D eigenvalue weighted by molar-refractivity contribution is 0.120. The van der Waals surface area contributed by atoms with E-state index in [-0.39, 0.29) is 0 Å². The van der Waals surface area contributed by atoms with E-state index >= 15 is 0 Å². The van der Waals surface area contributed by atoms with Crippen LogP contribution in [0.1, 0.15) is 64.2 Å². The summed E-state index contributed by atoms with van der Waals surface area (Å²) < 4.78 is 26.9. The fourth-order valence-electron chi connectivity index (χ4n) is 3.91. The molecule has 0 bridgehead atoms. The zero-order valence-electron chi connectivity index (χ0n) is 19.7. The summed E-state index contributed by atoms with van der Waals surface area (Å²) in [6.45, 7) is 2.10. The van der Waals surface area contributed by atoms with Crippen molar-refractivity contribution < 1.29 is 22.1 Å². The second-order valence-electron chi connectivity index (χ2n) is 8.27. The summed E-state index contributed by atoms with van der Waals surface area (Å²) >= 11 is 0. The summed E-state index contributed by atoms with van der Waals surface area (Å²) in [4.78, 5) is 0.